The number of hydrogen-bond acceptors (Lipinski definition) is 3. The zero-order chi connectivity index (χ0) is 18.5. The number of esters is 2. The van der Waals surface area contributed by atoms with E-state index in [9.17, 15) is 9.59 Å². The summed E-state index contributed by atoms with van der Waals surface area (Å²) >= 11 is 0. The zero-order valence-electron chi connectivity index (χ0n) is 15.6. The van der Waals surface area contributed by atoms with E-state index in [1.807, 2.05) is 53.8 Å². The van der Waals surface area contributed by atoms with Gasteiger partial charge in [-0.25, -0.2) is 9.59 Å². The van der Waals surface area contributed by atoms with Gasteiger partial charge in [0.1, 0.15) is 0 Å². The maximum absolute atomic E-state index is 12.5. The average molecular weight is 337 g/mol. The second-order valence-electron chi connectivity index (χ2n) is 7.03. The third kappa shape index (κ3) is 2.53. The molecule has 1 aliphatic rings. The number of aryl methyl sites for hydroxylation is 1. The maximum Gasteiger partial charge on any atom is 0.347 e. The van der Waals surface area contributed by atoms with E-state index in [1.54, 1.807) is 0 Å². The molecule has 0 saturated carbocycles. The quantitative estimate of drug-likeness (QED) is 0.466. The number of carbonyl (C=O) groups is 2. The van der Waals surface area contributed by atoms with Gasteiger partial charge in [-0.1, -0.05) is 37.6 Å². The molecule has 0 bridgehead atoms. The molecular weight excluding hydrogens is 314 g/mol. The number of benzene rings is 1. The highest BCUT2D eigenvalue weighted by molar-refractivity contribution is 6.23. The number of carbonyl (C=O) groups excluding carboxylic acids is 2. The van der Waals surface area contributed by atoms with Gasteiger partial charge < -0.3 is 9.30 Å². The van der Waals surface area contributed by atoms with Crippen molar-refractivity contribution in [3.05, 3.63) is 52.2 Å². The number of cyclic esters (lactones) is 2. The molecule has 2 heterocycles. The molecule has 130 valence electrons. The van der Waals surface area contributed by atoms with Crippen LogP contribution in [0.5, 0.6) is 0 Å². The average Bonchev–Trinajstić information content (AvgIpc) is 2.97. The van der Waals surface area contributed by atoms with Crippen LogP contribution in [0, 0.1) is 12.8 Å². The Morgan fingerprint density at radius 3 is 2.24 bits per heavy atom. The Morgan fingerprint density at radius 2 is 1.64 bits per heavy atom. The monoisotopic (exact) mass is 337 g/mol. The highest BCUT2D eigenvalue weighted by Gasteiger charge is 2.38. The van der Waals surface area contributed by atoms with E-state index in [4.69, 9.17) is 4.74 Å². The number of para-hydroxylation sites is 1. The van der Waals surface area contributed by atoms with E-state index in [1.165, 1.54) is 0 Å². The molecule has 0 amide bonds. The molecule has 1 aromatic heterocycles. The number of aromatic nitrogens is 1. The molecule has 3 rings (SSSR count). The molecule has 0 aliphatic carbocycles. The first-order valence-corrected chi connectivity index (χ1v) is 8.48. The van der Waals surface area contributed by atoms with Crippen molar-refractivity contribution in [1.82, 2.24) is 4.57 Å². The SMILES string of the molecule is CC(C)=C1C(=O)OC(=O)/C1=C(/c1c(C)n(C)c2ccccc12)C(C)C. The minimum absolute atomic E-state index is 0.0623. The third-order valence-electron chi connectivity index (χ3n) is 4.86. The van der Waals surface area contributed by atoms with Crippen LogP contribution in [0.15, 0.2) is 41.0 Å². The van der Waals surface area contributed by atoms with Crippen LogP contribution in [0.4, 0.5) is 0 Å². The van der Waals surface area contributed by atoms with Crippen LogP contribution in [0.3, 0.4) is 0 Å². The van der Waals surface area contributed by atoms with Crippen LogP contribution in [-0.2, 0) is 21.4 Å². The summed E-state index contributed by atoms with van der Waals surface area (Å²) in [5, 5.41) is 1.08. The van der Waals surface area contributed by atoms with Crippen molar-refractivity contribution in [1.29, 1.82) is 0 Å². The van der Waals surface area contributed by atoms with Crippen LogP contribution in [0.1, 0.15) is 39.0 Å². The normalized spacial score (nSPS) is 16.8. The highest BCUT2D eigenvalue weighted by atomic mass is 16.6. The van der Waals surface area contributed by atoms with Crippen LogP contribution >= 0.6 is 0 Å². The van der Waals surface area contributed by atoms with E-state index < -0.39 is 11.9 Å². The summed E-state index contributed by atoms with van der Waals surface area (Å²) < 4.78 is 7.08. The van der Waals surface area contributed by atoms with Crippen molar-refractivity contribution >= 4 is 28.4 Å². The number of allylic oxidation sites excluding steroid dienone is 2. The van der Waals surface area contributed by atoms with E-state index in [0.29, 0.717) is 11.1 Å². The number of hydrogen-bond donors (Lipinski definition) is 0. The lowest BCUT2D eigenvalue weighted by molar-refractivity contribution is -0.149. The number of fused-ring (bicyclic) bond motifs is 1. The Morgan fingerprint density at radius 1 is 1.04 bits per heavy atom. The molecule has 0 N–H and O–H groups in total. The fourth-order valence-corrected chi connectivity index (χ4v) is 3.65. The first-order valence-electron chi connectivity index (χ1n) is 8.48. The Bertz CT molecular complexity index is 966. The van der Waals surface area contributed by atoms with Gasteiger partial charge in [-0.15, -0.1) is 0 Å². The van der Waals surface area contributed by atoms with Gasteiger partial charge in [0.25, 0.3) is 0 Å². The number of nitrogens with zero attached hydrogens (tertiary/aromatic N) is 1. The van der Waals surface area contributed by atoms with Crippen molar-refractivity contribution in [2.75, 3.05) is 0 Å². The molecule has 4 nitrogen and oxygen atoms in total. The molecule has 1 aromatic carbocycles. The minimum atomic E-state index is -0.545. The summed E-state index contributed by atoms with van der Waals surface area (Å²) in [6, 6.07) is 8.12. The smallest absolute Gasteiger partial charge is 0.347 e. The lowest BCUT2D eigenvalue weighted by Crippen LogP contribution is -2.07. The number of ether oxygens (including phenoxy) is 1. The third-order valence-corrected chi connectivity index (χ3v) is 4.86. The van der Waals surface area contributed by atoms with Crippen LogP contribution < -0.4 is 0 Å². The minimum Gasteiger partial charge on any atom is -0.386 e. The van der Waals surface area contributed by atoms with Crippen molar-refractivity contribution in [2.45, 2.75) is 34.6 Å². The van der Waals surface area contributed by atoms with Crippen molar-refractivity contribution in [3.63, 3.8) is 0 Å². The molecule has 4 heteroatoms. The largest absolute Gasteiger partial charge is 0.386 e. The summed E-state index contributed by atoms with van der Waals surface area (Å²) in [5.41, 5.74) is 5.68. The van der Waals surface area contributed by atoms with E-state index in [-0.39, 0.29) is 5.92 Å². The van der Waals surface area contributed by atoms with Gasteiger partial charge in [-0.05, 0) is 38.3 Å². The topological polar surface area (TPSA) is 48.3 Å². The van der Waals surface area contributed by atoms with Crippen LogP contribution in [-0.4, -0.2) is 16.5 Å². The Hall–Kier alpha value is -2.62. The van der Waals surface area contributed by atoms with Gasteiger partial charge in [0.05, 0.1) is 11.1 Å². The summed E-state index contributed by atoms with van der Waals surface area (Å²) in [6.45, 7) is 9.80. The second kappa shape index (κ2) is 6.03. The lowest BCUT2D eigenvalue weighted by Gasteiger charge is -2.16. The molecule has 0 spiro atoms. The first-order chi connectivity index (χ1) is 11.8. The van der Waals surface area contributed by atoms with Crippen LogP contribution in [0.25, 0.3) is 16.5 Å². The fraction of sp³-hybridized carbons (Fsp3) is 0.333. The van der Waals surface area contributed by atoms with Gasteiger partial charge in [0.15, 0.2) is 0 Å². The summed E-state index contributed by atoms with van der Waals surface area (Å²) in [5.74, 6) is -1.03. The summed E-state index contributed by atoms with van der Waals surface area (Å²) in [4.78, 5) is 24.7. The van der Waals surface area contributed by atoms with Gasteiger partial charge in [-0.3, -0.25) is 0 Å². The molecule has 1 fully saturated rings. The van der Waals surface area contributed by atoms with Gasteiger partial charge in [0.2, 0.25) is 0 Å². The number of rotatable bonds is 2. The van der Waals surface area contributed by atoms with E-state index >= 15 is 0 Å². The predicted molar refractivity (Wildman–Crippen MR) is 98.9 cm³/mol. The van der Waals surface area contributed by atoms with Gasteiger partial charge in [0, 0.05) is 29.2 Å². The Labute approximate surface area is 147 Å². The van der Waals surface area contributed by atoms with Crippen molar-refractivity contribution in [2.24, 2.45) is 13.0 Å². The van der Waals surface area contributed by atoms with Gasteiger partial charge >= 0.3 is 11.9 Å². The Kier molecular flexibility index (Phi) is 4.15. The molecule has 25 heavy (non-hydrogen) atoms. The maximum atomic E-state index is 12.5. The van der Waals surface area contributed by atoms with Crippen molar-refractivity contribution < 1.29 is 14.3 Å². The molecule has 2 aromatic rings. The highest BCUT2D eigenvalue weighted by Crippen LogP contribution is 2.41. The van der Waals surface area contributed by atoms with Crippen LogP contribution in [0.2, 0.25) is 0 Å². The van der Waals surface area contributed by atoms with E-state index in [2.05, 4.69) is 16.7 Å². The second-order valence-corrected chi connectivity index (χ2v) is 7.03. The molecule has 0 atom stereocenters. The van der Waals surface area contributed by atoms with Crippen molar-refractivity contribution in [3.8, 4) is 0 Å². The summed E-state index contributed by atoms with van der Waals surface area (Å²) in [7, 11) is 2.02. The fourth-order valence-electron chi connectivity index (χ4n) is 3.65. The molecule has 0 radical (unpaired) electrons. The molecular formula is C21H23NO3. The van der Waals surface area contributed by atoms with Gasteiger partial charge in [-0.2, -0.15) is 0 Å². The molecule has 1 saturated heterocycles. The Balaban J connectivity index is 2.48. The first kappa shape index (κ1) is 17.2. The molecule has 1 aliphatic heterocycles. The predicted octanol–water partition coefficient (Wildman–Crippen LogP) is 4.32. The van der Waals surface area contributed by atoms with E-state index in [0.717, 1.165) is 33.3 Å². The molecule has 0 unspecified atom stereocenters. The zero-order valence-corrected chi connectivity index (χ0v) is 15.6. The standard InChI is InChI=1S/C21H23NO3/c1-11(2)16(19-17(12(3)4)20(23)25-21(19)24)18-13(5)22(6)15-10-8-7-9-14(15)18/h7-11H,1-6H3/b19-16+. The summed E-state index contributed by atoms with van der Waals surface area (Å²) in [6.07, 6.45) is 0. The lowest BCUT2D eigenvalue weighted by atomic mass is 9.85.